The van der Waals surface area contributed by atoms with Crippen molar-refractivity contribution in [3.8, 4) is 5.75 Å². The molecule has 5 nitrogen and oxygen atoms in total. The van der Waals surface area contributed by atoms with Crippen LogP contribution in [0.5, 0.6) is 5.75 Å². The van der Waals surface area contributed by atoms with Crippen LogP contribution in [-0.2, 0) is 19.6 Å². The van der Waals surface area contributed by atoms with Crippen LogP contribution < -0.4 is 4.74 Å². The summed E-state index contributed by atoms with van der Waals surface area (Å²) in [7, 11) is 1.72. The average Bonchev–Trinajstić information content (AvgIpc) is 2.83. The number of fused-ring (bicyclic) bond motifs is 4. The van der Waals surface area contributed by atoms with Crippen LogP contribution in [0.3, 0.4) is 0 Å². The minimum Gasteiger partial charge on any atom is -0.497 e. The van der Waals surface area contributed by atoms with Crippen LogP contribution in [0, 0.1) is 12.8 Å². The lowest BCUT2D eigenvalue weighted by molar-refractivity contribution is 0.123. The first-order valence-electron chi connectivity index (χ1n) is 10.3. The highest BCUT2D eigenvalue weighted by atomic mass is 16.5. The van der Waals surface area contributed by atoms with E-state index in [1.54, 1.807) is 7.11 Å². The lowest BCUT2D eigenvalue weighted by Crippen LogP contribution is -2.43. The molecule has 0 N–H and O–H groups in total. The van der Waals surface area contributed by atoms with Crippen molar-refractivity contribution in [3.63, 3.8) is 0 Å². The molecule has 0 aliphatic carbocycles. The Morgan fingerprint density at radius 2 is 1.89 bits per heavy atom. The number of hydrogen-bond donors (Lipinski definition) is 0. The maximum absolute atomic E-state index is 5.29. The third-order valence-corrected chi connectivity index (χ3v) is 6.21. The van der Waals surface area contributed by atoms with Gasteiger partial charge in [0, 0.05) is 57.1 Å². The summed E-state index contributed by atoms with van der Waals surface area (Å²) in [6.07, 6.45) is 4.93. The number of aromatic nitrogens is 2. The molecule has 4 heterocycles. The van der Waals surface area contributed by atoms with E-state index in [0.717, 1.165) is 31.3 Å². The molecular weight excluding hydrogens is 336 g/mol. The molecule has 3 saturated heterocycles. The van der Waals surface area contributed by atoms with E-state index in [-0.39, 0.29) is 0 Å². The van der Waals surface area contributed by atoms with Gasteiger partial charge in [-0.3, -0.25) is 14.5 Å². The van der Waals surface area contributed by atoms with Gasteiger partial charge in [0.2, 0.25) is 0 Å². The first-order valence-corrected chi connectivity index (χ1v) is 10.3. The van der Waals surface area contributed by atoms with Crippen LogP contribution >= 0.6 is 0 Å². The predicted molar refractivity (Wildman–Crippen MR) is 108 cm³/mol. The number of aryl methyl sites for hydroxylation is 2. The van der Waals surface area contributed by atoms with Gasteiger partial charge in [-0.2, -0.15) is 5.10 Å². The molecule has 1 aromatic carbocycles. The summed E-state index contributed by atoms with van der Waals surface area (Å²) >= 11 is 0. The second-order valence-corrected chi connectivity index (χ2v) is 8.16. The van der Waals surface area contributed by atoms with E-state index in [4.69, 9.17) is 4.74 Å². The quantitative estimate of drug-likeness (QED) is 0.783. The molecule has 3 fully saturated rings. The van der Waals surface area contributed by atoms with Crippen LogP contribution in [0.15, 0.2) is 30.5 Å². The molecule has 0 amide bonds. The molecule has 3 aliphatic rings. The van der Waals surface area contributed by atoms with Crippen LogP contribution in [0.4, 0.5) is 0 Å². The topological polar surface area (TPSA) is 33.5 Å². The van der Waals surface area contributed by atoms with Gasteiger partial charge in [-0.05, 0) is 50.3 Å². The van der Waals surface area contributed by atoms with Gasteiger partial charge in [0.25, 0.3) is 0 Å². The zero-order chi connectivity index (χ0) is 18.8. The first kappa shape index (κ1) is 18.5. The highest BCUT2D eigenvalue weighted by molar-refractivity contribution is 5.27. The molecule has 2 bridgehead atoms. The zero-order valence-electron chi connectivity index (χ0n) is 16.9. The van der Waals surface area contributed by atoms with Crippen LogP contribution in [0.1, 0.15) is 36.6 Å². The van der Waals surface area contributed by atoms with Crippen molar-refractivity contribution >= 4 is 0 Å². The molecule has 5 rings (SSSR count). The summed E-state index contributed by atoms with van der Waals surface area (Å²) in [6.45, 7) is 10.9. The van der Waals surface area contributed by atoms with E-state index in [1.165, 1.54) is 49.3 Å². The van der Waals surface area contributed by atoms with E-state index in [0.29, 0.717) is 6.04 Å². The second kappa shape index (κ2) is 8.03. The summed E-state index contributed by atoms with van der Waals surface area (Å²) in [5.41, 5.74) is 3.96. The van der Waals surface area contributed by atoms with Crippen LogP contribution in [0.25, 0.3) is 0 Å². The minimum absolute atomic E-state index is 0.659. The van der Waals surface area contributed by atoms with Crippen molar-refractivity contribution in [1.29, 1.82) is 0 Å². The summed E-state index contributed by atoms with van der Waals surface area (Å²) in [5, 5.41) is 4.63. The fraction of sp³-hybridized carbons (Fsp3) is 0.591. The molecule has 5 heteroatoms. The summed E-state index contributed by atoms with van der Waals surface area (Å²) in [4.78, 5) is 5.37. The van der Waals surface area contributed by atoms with Crippen molar-refractivity contribution in [2.75, 3.05) is 26.7 Å². The van der Waals surface area contributed by atoms with Gasteiger partial charge >= 0.3 is 0 Å². The van der Waals surface area contributed by atoms with Gasteiger partial charge < -0.3 is 4.74 Å². The number of piperidine rings is 1. The predicted octanol–water partition coefficient (Wildman–Crippen LogP) is 3.32. The third kappa shape index (κ3) is 4.19. The maximum atomic E-state index is 5.29. The van der Waals surface area contributed by atoms with Gasteiger partial charge in [-0.1, -0.05) is 12.1 Å². The largest absolute Gasteiger partial charge is 0.497 e. The fourth-order valence-corrected chi connectivity index (χ4v) is 4.68. The molecule has 3 aliphatic heterocycles. The molecule has 2 aromatic rings. The van der Waals surface area contributed by atoms with Crippen molar-refractivity contribution in [2.24, 2.45) is 5.92 Å². The van der Waals surface area contributed by atoms with E-state index in [1.807, 2.05) is 0 Å². The summed E-state index contributed by atoms with van der Waals surface area (Å²) in [6, 6.07) is 9.20. The third-order valence-electron chi connectivity index (χ3n) is 6.21. The number of ether oxygens (including phenoxy) is 1. The molecule has 27 heavy (non-hydrogen) atoms. The van der Waals surface area contributed by atoms with Crippen molar-refractivity contribution in [1.82, 2.24) is 19.6 Å². The van der Waals surface area contributed by atoms with E-state index in [2.05, 4.69) is 63.9 Å². The van der Waals surface area contributed by atoms with Crippen LogP contribution in [0.2, 0.25) is 0 Å². The fourth-order valence-electron chi connectivity index (χ4n) is 4.68. The second-order valence-electron chi connectivity index (χ2n) is 8.16. The van der Waals surface area contributed by atoms with Crippen molar-refractivity contribution < 1.29 is 4.74 Å². The molecule has 0 saturated carbocycles. The molecular formula is C22H32N4O. The molecule has 2 atom stereocenters. The normalized spacial score (nSPS) is 23.5. The highest BCUT2D eigenvalue weighted by Gasteiger charge is 2.35. The number of methoxy groups -OCH3 is 1. The van der Waals surface area contributed by atoms with Crippen molar-refractivity contribution in [3.05, 3.63) is 47.3 Å². The smallest absolute Gasteiger partial charge is 0.118 e. The zero-order valence-corrected chi connectivity index (χ0v) is 16.9. The number of hydrogen-bond acceptors (Lipinski definition) is 4. The Morgan fingerprint density at radius 1 is 1.07 bits per heavy atom. The monoisotopic (exact) mass is 368 g/mol. The van der Waals surface area contributed by atoms with Crippen LogP contribution in [-0.4, -0.2) is 52.4 Å². The van der Waals surface area contributed by atoms with Gasteiger partial charge in [-0.15, -0.1) is 0 Å². The minimum atomic E-state index is 0.659. The first-order chi connectivity index (χ1) is 13.1. The number of nitrogens with zero attached hydrogens (tertiary/aromatic N) is 4. The van der Waals surface area contributed by atoms with E-state index >= 15 is 0 Å². The molecule has 0 radical (unpaired) electrons. The highest BCUT2D eigenvalue weighted by Crippen LogP contribution is 2.30. The molecule has 1 aromatic heterocycles. The Morgan fingerprint density at radius 3 is 2.59 bits per heavy atom. The summed E-state index contributed by atoms with van der Waals surface area (Å²) < 4.78 is 7.35. The molecule has 0 spiro atoms. The Labute approximate surface area is 162 Å². The Balaban J connectivity index is 1.42. The Bertz CT molecular complexity index is 754. The lowest BCUT2D eigenvalue weighted by Gasteiger charge is -2.36. The standard InChI is InChI=1S/C22H32N4O/c1-4-26-15-20(17(2)23-26)14-25-13-19-5-8-21(25)16-24(12-19)11-18-6-9-22(27-3)10-7-18/h6-7,9-10,15,19,21H,4-5,8,11-14,16H2,1-3H3/t19-,21+/m0/s1. The SMILES string of the molecule is CCn1cc(CN2C[C@H]3CC[C@@H]2CN(Cc2ccc(OC)cc2)C3)c(C)n1. The average molecular weight is 369 g/mol. The maximum Gasteiger partial charge on any atom is 0.118 e. The Hall–Kier alpha value is -1.85. The number of benzene rings is 1. The van der Waals surface area contributed by atoms with Gasteiger partial charge in [-0.25, -0.2) is 0 Å². The molecule has 146 valence electrons. The Kier molecular flexibility index (Phi) is 5.50. The van der Waals surface area contributed by atoms with E-state index in [9.17, 15) is 0 Å². The van der Waals surface area contributed by atoms with Gasteiger partial charge in [0.05, 0.1) is 12.8 Å². The van der Waals surface area contributed by atoms with Gasteiger partial charge in [0.15, 0.2) is 0 Å². The molecule has 0 unspecified atom stereocenters. The van der Waals surface area contributed by atoms with Crippen molar-refractivity contribution in [2.45, 2.75) is 52.4 Å². The van der Waals surface area contributed by atoms with Gasteiger partial charge in [0.1, 0.15) is 5.75 Å². The lowest BCUT2D eigenvalue weighted by atomic mass is 9.94. The van der Waals surface area contributed by atoms with E-state index < -0.39 is 0 Å². The summed E-state index contributed by atoms with van der Waals surface area (Å²) in [5.74, 6) is 1.72. The number of rotatable bonds is 6.